The molecule has 0 fully saturated rings. The summed E-state index contributed by atoms with van der Waals surface area (Å²) in [6.45, 7) is -5.56. The molecule has 0 amide bonds. The van der Waals surface area contributed by atoms with Gasteiger partial charge in [-0.15, -0.1) is 0 Å². The molecule has 0 spiro atoms. The normalized spacial score (nSPS) is 17.3. The predicted molar refractivity (Wildman–Crippen MR) is 252 cm³/mol. The first-order valence-electron chi connectivity index (χ1n) is 30.2. The maximum atomic E-state index is 14.5. The summed E-state index contributed by atoms with van der Waals surface area (Å²) in [5.41, 5.74) is 0. The van der Waals surface area contributed by atoms with E-state index in [1.807, 2.05) is 0 Å². The molecule has 0 saturated carbocycles. The zero-order chi connectivity index (χ0) is 110. The summed E-state index contributed by atoms with van der Waals surface area (Å²) in [5, 5.41) is 18.8. The summed E-state index contributed by atoms with van der Waals surface area (Å²) in [4.78, 5) is 23.6. The van der Waals surface area contributed by atoms with Crippen molar-refractivity contribution in [2.45, 2.75) is 276 Å². The van der Waals surface area contributed by atoms with Crippen LogP contribution in [-0.4, -0.2) is 273 Å². The minimum absolute atomic E-state index is 1.39. The van der Waals surface area contributed by atoms with E-state index in [1.54, 1.807) is 0 Å². The number of carbonyl (C=O) groups excluding carboxylic acids is 2. The van der Waals surface area contributed by atoms with Gasteiger partial charge in [0.15, 0.2) is 0 Å². The highest BCUT2D eigenvalue weighted by atomic mass is 19.5. The van der Waals surface area contributed by atoms with Crippen LogP contribution in [0, 0.1) is 0 Å². The van der Waals surface area contributed by atoms with E-state index in [2.05, 4.69) is 9.47 Å². The minimum Gasteiger partial charge on any atom is -0.463 e. The molecule has 0 bridgehead atoms. The van der Waals surface area contributed by atoms with Crippen LogP contribution in [0.5, 0.6) is 0 Å². The van der Waals surface area contributed by atoms with Crippen LogP contribution in [0.4, 0.5) is 342 Å². The van der Waals surface area contributed by atoms with E-state index >= 15 is 0 Å². The summed E-state index contributed by atoms with van der Waals surface area (Å²) in [6.07, 6.45) is -40.5. The number of rotatable bonds is 47. The fourth-order valence-corrected chi connectivity index (χ4v) is 8.76. The van der Waals surface area contributed by atoms with Crippen molar-refractivity contribution in [1.29, 1.82) is 0 Å². The second-order valence-electron chi connectivity index (χ2n) is 26.2. The molecule has 134 heavy (non-hydrogen) atoms. The largest absolute Gasteiger partial charge is 0.463 e. The lowest BCUT2D eigenvalue weighted by Gasteiger charge is -2.47. The first-order chi connectivity index (χ1) is 56.8. The van der Waals surface area contributed by atoms with Gasteiger partial charge in [0.05, 0.1) is 12.2 Å². The van der Waals surface area contributed by atoms with Crippen molar-refractivity contribution in [3.63, 3.8) is 0 Å². The van der Waals surface area contributed by atoms with Gasteiger partial charge >= 0.3 is 238 Å². The smallest absolute Gasteiger partial charge is 0.460 e. The Kier molecular flexibility index (Phi) is 31.9. The Bertz CT molecular complexity index is 3830. The molecule has 0 aromatic rings. The van der Waals surface area contributed by atoms with Crippen LogP contribution in [-0.2, 0) is 19.1 Å². The Hall–Kier alpha value is -6.60. The summed E-state index contributed by atoms with van der Waals surface area (Å²) in [6, 6.07) is 0. The third-order valence-corrected chi connectivity index (χ3v) is 17.1. The van der Waals surface area contributed by atoms with Crippen molar-refractivity contribution in [3.8, 4) is 0 Å². The van der Waals surface area contributed by atoms with E-state index in [0.717, 1.165) is 0 Å². The lowest BCUT2D eigenvalue weighted by atomic mass is 9.82. The summed E-state index contributed by atoms with van der Waals surface area (Å²) >= 11 is 0. The number of alkyl halides is 78. The summed E-state index contributed by atoms with van der Waals surface area (Å²) < 4.78 is 1100. The molecule has 6 nitrogen and oxygen atoms in total. The molecule has 0 aromatic heterocycles. The Balaban J connectivity index is 6.89. The van der Waals surface area contributed by atoms with Crippen molar-refractivity contribution in [2.75, 3.05) is 13.2 Å². The van der Waals surface area contributed by atoms with E-state index in [9.17, 15) is 362 Å². The van der Waals surface area contributed by atoms with E-state index in [-0.39, 0.29) is 0 Å². The predicted octanol–water partition coefficient (Wildman–Crippen LogP) is 25.1. The van der Waals surface area contributed by atoms with Gasteiger partial charge in [-0.2, -0.15) is 342 Å². The Labute approximate surface area is 674 Å². The molecule has 2 unspecified atom stereocenters. The lowest BCUT2D eigenvalue weighted by molar-refractivity contribution is -0.494. The molecule has 0 aliphatic rings. The highest BCUT2D eigenvalue weighted by molar-refractivity contribution is 5.70. The Morgan fingerprint density at radius 1 is 0.157 bits per heavy atom. The number of hydrogen-bond acceptors (Lipinski definition) is 6. The third kappa shape index (κ3) is 16.4. The Morgan fingerprint density at radius 3 is 0.343 bits per heavy atom. The number of ether oxygens (including phenoxy) is 2. The second-order valence-corrected chi connectivity index (χ2v) is 26.2. The molecule has 84 heteroatoms. The molecule has 0 aromatic carbocycles. The van der Waals surface area contributed by atoms with E-state index < -0.39 is 301 Å². The molecule has 0 aliphatic heterocycles. The van der Waals surface area contributed by atoms with Gasteiger partial charge in [-0.25, -0.2) is 0 Å². The fraction of sp³-hybridized carbons (Fsp3) is 0.960. The van der Waals surface area contributed by atoms with Crippen molar-refractivity contribution >= 4 is 11.9 Å². The van der Waals surface area contributed by atoms with Crippen LogP contribution < -0.4 is 0 Å². The van der Waals surface area contributed by atoms with Gasteiger partial charge in [0.2, 0.25) is 0 Å². The standard InChI is InChI=1S/C50H20F78O6/c51-13(52,15(55,56)17(59,60)19(63,64)21(67,68)23(71,72)25(75,76)27(79,80)29(83,84)31(87,88)33(91,92)35(95,96)37(99,100)39(103,104)41(107,108)43(111,112)45(115,116)47(119,120)49(123,124)125)5-9(129)7-133-11(131)3-1-2-4-12(132)134-8-10(130)6-14(53,54)16(57,58)18(61,62)20(65,66)22(69,70)24(73,74)26(77,78)28(81,82)30(85,86)32(89,90)34(93,94)36(97,98)38(101,102)40(105,106)42(109,110)44(113,114)46(117,118)48(121,122)50(126,127)128/h9-10,129-130H,1-8H2. The second kappa shape index (κ2) is 33.6. The average molecular weight is 2200 g/mol. The van der Waals surface area contributed by atoms with E-state index in [4.69, 9.17) is 0 Å². The highest BCUT2D eigenvalue weighted by Crippen LogP contribution is 2.76. The van der Waals surface area contributed by atoms with Gasteiger partial charge in [-0.1, -0.05) is 0 Å². The van der Waals surface area contributed by atoms with Gasteiger partial charge in [-0.05, 0) is 12.8 Å². The SMILES string of the molecule is O=C(CCCCC(=O)OCC(O)CC(F)(F)C(F)(F)C(F)(F)C(F)(F)C(F)(F)C(F)(F)C(F)(F)C(F)(F)C(F)(F)C(F)(F)C(F)(F)C(F)(F)C(F)(F)C(F)(F)C(F)(F)C(F)(F)C(F)(F)C(F)(F)C(F)(F)F)OCC(O)CC(F)(F)C(F)(F)C(F)(F)C(F)(F)C(F)(F)C(F)(F)C(F)(F)C(F)(F)C(F)(F)C(F)(F)C(F)(F)C(F)(F)C(F)(F)C(F)(F)C(F)(F)C(F)(F)C(F)(F)C(F)(F)C(F)(F)F. The molecule has 2 atom stereocenters. The fourth-order valence-electron chi connectivity index (χ4n) is 8.76. The number of aliphatic hydroxyl groups is 2. The van der Waals surface area contributed by atoms with Gasteiger partial charge in [-0.3, -0.25) is 9.59 Å². The number of hydrogen-bond donors (Lipinski definition) is 2. The number of halogens is 78. The first kappa shape index (κ1) is 127. The molecule has 2 N–H and O–H groups in total. The van der Waals surface area contributed by atoms with Crippen LogP contribution in [0.2, 0.25) is 0 Å². The molecular weight excluding hydrogens is 2180 g/mol. The molecule has 0 aliphatic carbocycles. The quantitative estimate of drug-likeness (QED) is 0.0358. The molecular formula is C50H20F78O6. The molecule has 0 heterocycles. The van der Waals surface area contributed by atoms with Gasteiger partial charge < -0.3 is 19.7 Å². The van der Waals surface area contributed by atoms with Crippen molar-refractivity contribution < 1.29 is 372 Å². The maximum Gasteiger partial charge on any atom is 0.460 e. The molecule has 0 rings (SSSR count). The Morgan fingerprint density at radius 2 is 0.246 bits per heavy atom. The molecule has 0 radical (unpaired) electrons. The molecule has 802 valence electrons. The van der Waals surface area contributed by atoms with Gasteiger partial charge in [0, 0.05) is 25.7 Å². The first-order valence-corrected chi connectivity index (χ1v) is 30.2. The van der Waals surface area contributed by atoms with Crippen molar-refractivity contribution in [1.82, 2.24) is 0 Å². The van der Waals surface area contributed by atoms with Crippen LogP contribution >= 0.6 is 0 Å². The topological polar surface area (TPSA) is 93.1 Å². The highest BCUT2D eigenvalue weighted by Gasteiger charge is 3.07. The summed E-state index contributed by atoms with van der Waals surface area (Å²) in [7, 11) is 0. The number of unbranched alkanes of at least 4 members (excludes halogenated alkanes) is 1. The van der Waals surface area contributed by atoms with Crippen LogP contribution in [0.25, 0.3) is 0 Å². The summed E-state index contributed by atoms with van der Waals surface area (Å²) in [5.74, 6) is -372. The molecule has 0 saturated heterocycles. The third-order valence-electron chi connectivity index (χ3n) is 17.1. The van der Waals surface area contributed by atoms with Gasteiger partial charge in [0.25, 0.3) is 0 Å². The minimum atomic E-state index is -10.8. The maximum absolute atomic E-state index is 14.5. The number of esters is 2. The zero-order valence-electron chi connectivity index (χ0n) is 58.8. The number of carbonyl (C=O) groups is 2. The van der Waals surface area contributed by atoms with Crippen LogP contribution in [0.15, 0.2) is 0 Å². The van der Waals surface area contributed by atoms with Crippen molar-refractivity contribution in [2.24, 2.45) is 0 Å². The monoisotopic (exact) mass is 2200 g/mol. The van der Waals surface area contributed by atoms with E-state index in [1.165, 1.54) is 0 Å². The van der Waals surface area contributed by atoms with Crippen molar-refractivity contribution in [3.05, 3.63) is 0 Å². The lowest BCUT2D eigenvalue weighted by Crippen LogP contribution is -2.80. The zero-order valence-corrected chi connectivity index (χ0v) is 58.8. The van der Waals surface area contributed by atoms with Crippen LogP contribution in [0.1, 0.15) is 38.5 Å². The number of aliphatic hydroxyl groups excluding tert-OH is 2. The average Bonchev–Trinajstić information content (AvgIpc) is 0.674. The van der Waals surface area contributed by atoms with E-state index in [0.29, 0.717) is 0 Å². The van der Waals surface area contributed by atoms with Gasteiger partial charge in [0.1, 0.15) is 13.2 Å². The van der Waals surface area contributed by atoms with Crippen LogP contribution in [0.3, 0.4) is 0 Å².